The number of carboxylic acids is 2. The van der Waals surface area contributed by atoms with Gasteiger partial charge in [-0.25, -0.2) is 9.59 Å². The lowest BCUT2D eigenvalue weighted by Crippen LogP contribution is -2.24. The number of carbonyl (C=O) groups excluding carboxylic acids is 1. The van der Waals surface area contributed by atoms with Crippen LogP contribution in [0.2, 0.25) is 0 Å². The Morgan fingerprint density at radius 1 is 0.967 bits per heavy atom. The Balaban J connectivity index is 0.000000656. The SMILES string of the molecule is COc1ccc(NC(=O)CCN(C)Cc2ccccc2)c(OC)c1.O=C(O)C(=O)O. The van der Waals surface area contributed by atoms with E-state index in [-0.39, 0.29) is 5.91 Å². The average molecular weight is 418 g/mol. The molecule has 0 radical (unpaired) electrons. The van der Waals surface area contributed by atoms with Crippen LogP contribution in [0.15, 0.2) is 48.5 Å². The number of amides is 1. The van der Waals surface area contributed by atoms with Crippen LogP contribution < -0.4 is 14.8 Å². The van der Waals surface area contributed by atoms with E-state index in [4.69, 9.17) is 29.3 Å². The number of carbonyl (C=O) groups is 3. The van der Waals surface area contributed by atoms with E-state index in [1.54, 1.807) is 32.4 Å². The normalized spacial score (nSPS) is 9.87. The van der Waals surface area contributed by atoms with Gasteiger partial charge in [-0.05, 0) is 24.7 Å². The highest BCUT2D eigenvalue weighted by molar-refractivity contribution is 6.27. The number of methoxy groups -OCH3 is 2. The summed E-state index contributed by atoms with van der Waals surface area (Å²) in [5.41, 5.74) is 1.88. The molecule has 0 saturated carbocycles. The molecule has 0 bridgehead atoms. The van der Waals surface area contributed by atoms with E-state index in [9.17, 15) is 4.79 Å². The first kappa shape index (κ1) is 24.4. The minimum absolute atomic E-state index is 0.0432. The van der Waals surface area contributed by atoms with Crippen LogP contribution in [-0.4, -0.2) is 60.8 Å². The lowest BCUT2D eigenvalue weighted by molar-refractivity contribution is -0.159. The molecule has 0 saturated heterocycles. The number of aliphatic carboxylic acids is 2. The maximum atomic E-state index is 12.2. The van der Waals surface area contributed by atoms with E-state index in [2.05, 4.69) is 22.3 Å². The topological polar surface area (TPSA) is 125 Å². The molecule has 0 aliphatic heterocycles. The molecule has 0 fully saturated rings. The van der Waals surface area contributed by atoms with Gasteiger partial charge in [0.1, 0.15) is 11.5 Å². The Bertz CT molecular complexity index is 829. The fraction of sp³-hybridized carbons (Fsp3) is 0.286. The lowest BCUT2D eigenvalue weighted by atomic mass is 10.2. The van der Waals surface area contributed by atoms with E-state index in [1.807, 2.05) is 25.2 Å². The van der Waals surface area contributed by atoms with Crippen molar-refractivity contribution < 1.29 is 34.1 Å². The minimum atomic E-state index is -1.82. The molecule has 0 spiro atoms. The first-order valence-corrected chi connectivity index (χ1v) is 8.97. The van der Waals surface area contributed by atoms with Crippen molar-refractivity contribution in [3.63, 3.8) is 0 Å². The predicted molar refractivity (Wildman–Crippen MR) is 111 cm³/mol. The minimum Gasteiger partial charge on any atom is -0.497 e. The highest BCUT2D eigenvalue weighted by Gasteiger charge is 2.10. The molecule has 0 atom stereocenters. The molecule has 0 aromatic heterocycles. The first-order valence-electron chi connectivity index (χ1n) is 8.97. The molecule has 2 aromatic carbocycles. The quantitative estimate of drug-likeness (QED) is 0.558. The van der Waals surface area contributed by atoms with Gasteiger partial charge in [-0.2, -0.15) is 0 Å². The van der Waals surface area contributed by atoms with Crippen molar-refractivity contribution in [1.29, 1.82) is 0 Å². The average Bonchev–Trinajstić information content (AvgIpc) is 2.73. The third-order valence-corrected chi connectivity index (χ3v) is 3.88. The zero-order chi connectivity index (χ0) is 22.5. The van der Waals surface area contributed by atoms with Gasteiger partial charge in [0.25, 0.3) is 0 Å². The summed E-state index contributed by atoms with van der Waals surface area (Å²) in [7, 11) is 5.17. The Morgan fingerprint density at radius 3 is 2.13 bits per heavy atom. The number of anilines is 1. The fourth-order valence-corrected chi connectivity index (χ4v) is 2.38. The first-order chi connectivity index (χ1) is 14.3. The van der Waals surface area contributed by atoms with Crippen molar-refractivity contribution in [1.82, 2.24) is 4.90 Å². The van der Waals surface area contributed by atoms with Crippen molar-refractivity contribution >= 4 is 23.5 Å². The van der Waals surface area contributed by atoms with Crippen molar-refractivity contribution in [2.45, 2.75) is 13.0 Å². The van der Waals surface area contributed by atoms with Crippen LogP contribution in [0.25, 0.3) is 0 Å². The number of hydrogen-bond donors (Lipinski definition) is 3. The largest absolute Gasteiger partial charge is 0.497 e. The van der Waals surface area contributed by atoms with Crippen LogP contribution in [0.4, 0.5) is 5.69 Å². The fourth-order valence-electron chi connectivity index (χ4n) is 2.38. The molecule has 2 rings (SSSR count). The number of rotatable bonds is 8. The molecule has 0 aliphatic rings. The smallest absolute Gasteiger partial charge is 0.414 e. The molecule has 3 N–H and O–H groups in total. The molecule has 0 heterocycles. The number of hydrogen-bond acceptors (Lipinski definition) is 6. The van der Waals surface area contributed by atoms with E-state index in [0.29, 0.717) is 30.2 Å². The molecular formula is C21H26N2O7. The van der Waals surface area contributed by atoms with E-state index in [1.165, 1.54) is 5.56 Å². The molecular weight excluding hydrogens is 392 g/mol. The second-order valence-corrected chi connectivity index (χ2v) is 6.20. The zero-order valence-corrected chi connectivity index (χ0v) is 17.1. The molecule has 9 heteroatoms. The van der Waals surface area contributed by atoms with Crippen molar-refractivity contribution in [2.24, 2.45) is 0 Å². The number of nitrogens with zero attached hydrogens (tertiary/aromatic N) is 1. The number of carboxylic acid groups (broad SMARTS) is 2. The number of ether oxygens (including phenoxy) is 2. The molecule has 0 aliphatic carbocycles. The maximum Gasteiger partial charge on any atom is 0.414 e. The molecule has 162 valence electrons. The summed E-state index contributed by atoms with van der Waals surface area (Å²) in [6.07, 6.45) is 0.415. The van der Waals surface area contributed by atoms with Gasteiger partial charge in [-0.15, -0.1) is 0 Å². The van der Waals surface area contributed by atoms with Gasteiger partial charge >= 0.3 is 11.9 Å². The van der Waals surface area contributed by atoms with E-state index < -0.39 is 11.9 Å². The second-order valence-electron chi connectivity index (χ2n) is 6.20. The van der Waals surface area contributed by atoms with Crippen molar-refractivity contribution in [2.75, 3.05) is 33.1 Å². The standard InChI is InChI=1S/C19H24N2O3.C2H2O4/c1-21(14-15-7-5-4-6-8-15)12-11-19(22)20-17-10-9-16(23-2)13-18(17)24-3;3-1(4)2(5)6/h4-10,13H,11-12,14H2,1-3H3,(H,20,22);(H,3,4)(H,5,6). The molecule has 1 amide bonds. The van der Waals surface area contributed by atoms with Crippen LogP contribution in [-0.2, 0) is 20.9 Å². The molecule has 9 nitrogen and oxygen atoms in total. The monoisotopic (exact) mass is 418 g/mol. The summed E-state index contributed by atoms with van der Waals surface area (Å²) in [5, 5.41) is 17.7. The summed E-state index contributed by atoms with van der Waals surface area (Å²) < 4.78 is 10.4. The molecule has 0 unspecified atom stereocenters. The molecule has 30 heavy (non-hydrogen) atoms. The van der Waals surface area contributed by atoms with Crippen molar-refractivity contribution in [3.05, 3.63) is 54.1 Å². The Morgan fingerprint density at radius 2 is 1.60 bits per heavy atom. The summed E-state index contributed by atoms with van der Waals surface area (Å²) in [6.45, 7) is 1.50. The van der Waals surface area contributed by atoms with Crippen molar-refractivity contribution in [3.8, 4) is 11.5 Å². The second kappa shape index (κ2) is 12.8. The van der Waals surface area contributed by atoms with E-state index in [0.717, 1.165) is 6.54 Å². The van der Waals surface area contributed by atoms with Crippen LogP contribution in [0, 0.1) is 0 Å². The van der Waals surface area contributed by atoms with Crippen LogP contribution in [0.5, 0.6) is 11.5 Å². The van der Waals surface area contributed by atoms with Crippen LogP contribution in [0.1, 0.15) is 12.0 Å². The summed E-state index contributed by atoms with van der Waals surface area (Å²) in [5.74, 6) is -2.42. The van der Waals surface area contributed by atoms with Gasteiger partial charge in [-0.1, -0.05) is 30.3 Å². The molecule has 2 aromatic rings. The Hall–Kier alpha value is -3.59. The van der Waals surface area contributed by atoms with Crippen LogP contribution in [0.3, 0.4) is 0 Å². The Kier molecular flexibility index (Phi) is 10.4. The third-order valence-electron chi connectivity index (χ3n) is 3.88. The van der Waals surface area contributed by atoms with Crippen LogP contribution >= 0.6 is 0 Å². The Labute approximate surface area is 174 Å². The van der Waals surface area contributed by atoms with Gasteiger partial charge in [0.2, 0.25) is 5.91 Å². The van der Waals surface area contributed by atoms with Gasteiger partial charge < -0.3 is 29.9 Å². The van der Waals surface area contributed by atoms with Gasteiger partial charge in [0.05, 0.1) is 19.9 Å². The highest BCUT2D eigenvalue weighted by Crippen LogP contribution is 2.29. The predicted octanol–water partition coefficient (Wildman–Crippen LogP) is 2.32. The highest BCUT2D eigenvalue weighted by atomic mass is 16.5. The number of benzene rings is 2. The lowest BCUT2D eigenvalue weighted by Gasteiger charge is -2.17. The zero-order valence-electron chi connectivity index (χ0n) is 17.1. The summed E-state index contributed by atoms with van der Waals surface area (Å²) in [4.78, 5) is 32.5. The van der Waals surface area contributed by atoms with Gasteiger partial charge in [0.15, 0.2) is 0 Å². The number of nitrogens with one attached hydrogen (secondary N) is 1. The summed E-state index contributed by atoms with van der Waals surface area (Å²) >= 11 is 0. The summed E-state index contributed by atoms with van der Waals surface area (Å²) in [6, 6.07) is 15.5. The van der Waals surface area contributed by atoms with Gasteiger partial charge in [0, 0.05) is 25.6 Å². The third kappa shape index (κ3) is 9.07. The maximum absolute atomic E-state index is 12.2. The van der Waals surface area contributed by atoms with Gasteiger partial charge in [-0.3, -0.25) is 4.79 Å². The van der Waals surface area contributed by atoms with E-state index >= 15 is 0 Å².